The van der Waals surface area contributed by atoms with Crippen LogP contribution in [-0.2, 0) is 0 Å². The highest BCUT2D eigenvalue weighted by molar-refractivity contribution is 5.05. The van der Waals surface area contributed by atoms with Crippen LogP contribution in [0.5, 0.6) is 0 Å². The van der Waals surface area contributed by atoms with E-state index in [4.69, 9.17) is 0 Å². The molecular formula is C15H29N3. The van der Waals surface area contributed by atoms with Crippen molar-refractivity contribution < 1.29 is 0 Å². The minimum atomic E-state index is -0.300. The summed E-state index contributed by atoms with van der Waals surface area (Å²) in [4.78, 5) is 2.44. The topological polar surface area (TPSA) is 39.1 Å². The van der Waals surface area contributed by atoms with Crippen molar-refractivity contribution >= 4 is 0 Å². The summed E-state index contributed by atoms with van der Waals surface area (Å²) in [7, 11) is 2.21. The van der Waals surface area contributed by atoms with Crippen LogP contribution in [-0.4, -0.2) is 37.1 Å². The summed E-state index contributed by atoms with van der Waals surface area (Å²) in [5.74, 6) is 0.940. The van der Waals surface area contributed by atoms with Gasteiger partial charge in [0.2, 0.25) is 0 Å². The van der Waals surface area contributed by atoms with E-state index in [0.29, 0.717) is 0 Å². The molecular weight excluding hydrogens is 222 g/mol. The molecule has 0 aromatic heterocycles. The smallest absolute Gasteiger partial charge is 0.106 e. The molecule has 0 aromatic rings. The second-order valence-electron chi connectivity index (χ2n) is 5.74. The van der Waals surface area contributed by atoms with E-state index in [1.165, 1.54) is 25.8 Å². The van der Waals surface area contributed by atoms with Crippen LogP contribution >= 0.6 is 0 Å². The van der Waals surface area contributed by atoms with Crippen LogP contribution in [0.2, 0.25) is 0 Å². The lowest BCUT2D eigenvalue weighted by Gasteiger charge is -2.31. The Kier molecular flexibility index (Phi) is 6.67. The van der Waals surface area contributed by atoms with Crippen molar-refractivity contribution in [2.45, 2.75) is 57.9 Å². The standard InChI is InChI=1S/C15H29N3/c1-4-15(13-16,17-5-2)10-7-11-18(3)12-14-8-6-9-14/h14,17H,4-12H2,1-3H3. The largest absolute Gasteiger partial charge is 0.306 e. The van der Waals surface area contributed by atoms with E-state index >= 15 is 0 Å². The summed E-state index contributed by atoms with van der Waals surface area (Å²) in [6, 6.07) is 2.47. The first-order chi connectivity index (χ1) is 8.65. The minimum absolute atomic E-state index is 0.300. The van der Waals surface area contributed by atoms with Gasteiger partial charge in [0.15, 0.2) is 0 Å². The number of nitriles is 1. The second-order valence-corrected chi connectivity index (χ2v) is 5.74. The molecule has 1 fully saturated rings. The van der Waals surface area contributed by atoms with Gasteiger partial charge in [0.1, 0.15) is 5.54 Å². The lowest BCUT2D eigenvalue weighted by molar-refractivity contribution is 0.199. The maximum Gasteiger partial charge on any atom is 0.106 e. The summed E-state index contributed by atoms with van der Waals surface area (Å²) in [6.45, 7) is 7.41. The fourth-order valence-corrected chi connectivity index (χ4v) is 2.76. The predicted molar refractivity (Wildman–Crippen MR) is 76.4 cm³/mol. The molecule has 0 radical (unpaired) electrons. The molecule has 1 saturated carbocycles. The highest BCUT2D eigenvalue weighted by Gasteiger charge is 2.26. The van der Waals surface area contributed by atoms with Gasteiger partial charge in [-0.1, -0.05) is 20.3 Å². The van der Waals surface area contributed by atoms with Gasteiger partial charge in [0.25, 0.3) is 0 Å². The first kappa shape index (κ1) is 15.5. The molecule has 3 heteroatoms. The van der Waals surface area contributed by atoms with E-state index in [1.807, 2.05) is 0 Å². The van der Waals surface area contributed by atoms with Gasteiger partial charge in [-0.15, -0.1) is 0 Å². The Hall–Kier alpha value is -0.590. The van der Waals surface area contributed by atoms with Gasteiger partial charge in [0.05, 0.1) is 6.07 Å². The molecule has 0 saturated heterocycles. The third-order valence-electron chi connectivity index (χ3n) is 4.27. The van der Waals surface area contributed by atoms with E-state index in [9.17, 15) is 5.26 Å². The monoisotopic (exact) mass is 251 g/mol. The molecule has 3 nitrogen and oxygen atoms in total. The number of nitrogens with zero attached hydrogens (tertiary/aromatic N) is 2. The Morgan fingerprint density at radius 2 is 2.11 bits per heavy atom. The molecule has 0 heterocycles. The fraction of sp³-hybridized carbons (Fsp3) is 0.933. The predicted octanol–water partition coefficient (Wildman–Crippen LogP) is 2.78. The van der Waals surface area contributed by atoms with Gasteiger partial charge in [-0.25, -0.2) is 0 Å². The first-order valence-electron chi connectivity index (χ1n) is 7.50. The van der Waals surface area contributed by atoms with Crippen molar-refractivity contribution in [1.29, 1.82) is 5.26 Å². The maximum absolute atomic E-state index is 9.34. The molecule has 0 aliphatic heterocycles. The second kappa shape index (κ2) is 7.76. The molecule has 0 bridgehead atoms. The Balaban J connectivity index is 2.23. The molecule has 18 heavy (non-hydrogen) atoms. The summed E-state index contributed by atoms with van der Waals surface area (Å²) in [5.41, 5.74) is -0.300. The van der Waals surface area contributed by atoms with E-state index in [1.54, 1.807) is 0 Å². The van der Waals surface area contributed by atoms with Crippen LogP contribution in [0.1, 0.15) is 52.4 Å². The maximum atomic E-state index is 9.34. The van der Waals surface area contributed by atoms with Crippen LogP contribution in [0.3, 0.4) is 0 Å². The molecule has 104 valence electrons. The zero-order chi connectivity index (χ0) is 13.4. The minimum Gasteiger partial charge on any atom is -0.306 e. The van der Waals surface area contributed by atoms with Gasteiger partial charge >= 0.3 is 0 Å². The van der Waals surface area contributed by atoms with Gasteiger partial charge in [-0.3, -0.25) is 5.32 Å². The van der Waals surface area contributed by atoms with Crippen molar-refractivity contribution in [3.05, 3.63) is 0 Å². The van der Waals surface area contributed by atoms with Crippen molar-refractivity contribution in [2.75, 3.05) is 26.7 Å². The SMILES string of the molecule is CCNC(C#N)(CC)CCCN(C)CC1CCC1. The van der Waals surface area contributed by atoms with Gasteiger partial charge in [-0.2, -0.15) is 5.26 Å². The van der Waals surface area contributed by atoms with Crippen LogP contribution in [0, 0.1) is 17.2 Å². The summed E-state index contributed by atoms with van der Waals surface area (Å²) in [6.07, 6.45) is 7.22. The number of rotatable bonds is 9. The Bertz CT molecular complexity index is 267. The summed E-state index contributed by atoms with van der Waals surface area (Å²) >= 11 is 0. The normalized spacial score (nSPS) is 19.3. The van der Waals surface area contributed by atoms with Gasteiger partial charge in [0, 0.05) is 6.54 Å². The van der Waals surface area contributed by atoms with Crippen LogP contribution in [0.4, 0.5) is 0 Å². The average molecular weight is 251 g/mol. The lowest BCUT2D eigenvalue weighted by Crippen LogP contribution is -2.43. The molecule has 0 spiro atoms. The Morgan fingerprint density at radius 1 is 1.39 bits per heavy atom. The van der Waals surface area contributed by atoms with Gasteiger partial charge in [-0.05, 0) is 58.2 Å². The van der Waals surface area contributed by atoms with Crippen LogP contribution < -0.4 is 5.32 Å². The molecule has 1 atom stereocenters. The highest BCUT2D eigenvalue weighted by Crippen LogP contribution is 2.27. The fourth-order valence-electron chi connectivity index (χ4n) is 2.76. The molecule has 1 N–H and O–H groups in total. The third-order valence-corrected chi connectivity index (χ3v) is 4.27. The summed E-state index contributed by atoms with van der Waals surface area (Å²) in [5, 5.41) is 12.7. The zero-order valence-electron chi connectivity index (χ0n) is 12.3. The lowest BCUT2D eigenvalue weighted by atomic mass is 9.85. The van der Waals surface area contributed by atoms with E-state index < -0.39 is 0 Å². The van der Waals surface area contributed by atoms with Crippen LogP contribution in [0.15, 0.2) is 0 Å². The molecule has 1 aliphatic carbocycles. The molecule has 1 unspecified atom stereocenters. The van der Waals surface area contributed by atoms with E-state index in [2.05, 4.69) is 37.2 Å². The average Bonchev–Trinajstić information content (AvgIpc) is 2.33. The third kappa shape index (κ3) is 4.59. The number of nitrogens with one attached hydrogen (secondary N) is 1. The van der Waals surface area contributed by atoms with Gasteiger partial charge < -0.3 is 4.90 Å². The molecule has 1 aliphatic rings. The Labute approximate surface area is 113 Å². The van der Waals surface area contributed by atoms with E-state index in [0.717, 1.165) is 38.3 Å². The zero-order valence-corrected chi connectivity index (χ0v) is 12.3. The molecule has 0 aromatic carbocycles. The van der Waals surface area contributed by atoms with Crippen molar-refractivity contribution in [1.82, 2.24) is 10.2 Å². The van der Waals surface area contributed by atoms with Crippen LogP contribution in [0.25, 0.3) is 0 Å². The molecule has 0 amide bonds. The van der Waals surface area contributed by atoms with Crippen molar-refractivity contribution in [3.63, 3.8) is 0 Å². The number of hydrogen-bond acceptors (Lipinski definition) is 3. The molecule has 1 rings (SSSR count). The highest BCUT2D eigenvalue weighted by atomic mass is 15.1. The van der Waals surface area contributed by atoms with E-state index in [-0.39, 0.29) is 5.54 Å². The summed E-state index contributed by atoms with van der Waals surface area (Å²) < 4.78 is 0. The van der Waals surface area contributed by atoms with Crippen molar-refractivity contribution in [3.8, 4) is 6.07 Å². The van der Waals surface area contributed by atoms with Crippen molar-refractivity contribution in [2.24, 2.45) is 5.92 Å². The number of hydrogen-bond donors (Lipinski definition) is 1. The Morgan fingerprint density at radius 3 is 2.56 bits per heavy atom. The first-order valence-corrected chi connectivity index (χ1v) is 7.50. The quantitative estimate of drug-likeness (QED) is 0.685.